The number of aromatic nitrogens is 1. The molecule has 2 rings (SSSR count). The summed E-state index contributed by atoms with van der Waals surface area (Å²) in [5.74, 6) is 0.279. The van der Waals surface area contributed by atoms with Gasteiger partial charge in [-0.3, -0.25) is 0 Å². The van der Waals surface area contributed by atoms with Crippen LogP contribution in [0.3, 0.4) is 0 Å². The van der Waals surface area contributed by atoms with Crippen molar-refractivity contribution in [1.29, 1.82) is 0 Å². The topological polar surface area (TPSA) is 77.2 Å². The molecule has 0 saturated carbocycles. The van der Waals surface area contributed by atoms with Crippen LogP contribution >= 0.6 is 0 Å². The molecule has 0 aliphatic rings. The average Bonchev–Trinajstić information content (AvgIpc) is 2.41. The van der Waals surface area contributed by atoms with Crippen molar-refractivity contribution in [2.45, 2.75) is 0 Å². The lowest BCUT2D eigenvalue weighted by molar-refractivity contribution is 0.0601. The lowest BCUT2D eigenvalue weighted by atomic mass is 10.1. The standard InChI is InChI=1S/C13H13N3O2/c1-18-13(17)9-5-6-11(10(14)8-9)16-12-4-2-3-7-15-12/h2-8H,14H2,1H3,(H,15,16). The lowest BCUT2D eigenvalue weighted by Gasteiger charge is -2.09. The Labute approximate surface area is 105 Å². The first kappa shape index (κ1) is 11.9. The summed E-state index contributed by atoms with van der Waals surface area (Å²) in [5, 5.41) is 3.07. The predicted octanol–water partition coefficient (Wildman–Crippen LogP) is 2.19. The monoisotopic (exact) mass is 243 g/mol. The van der Waals surface area contributed by atoms with Crippen molar-refractivity contribution in [3.05, 3.63) is 48.2 Å². The number of pyridine rings is 1. The molecule has 1 aromatic heterocycles. The van der Waals surface area contributed by atoms with Gasteiger partial charge in [-0.05, 0) is 30.3 Å². The van der Waals surface area contributed by atoms with Crippen LogP contribution in [0.1, 0.15) is 10.4 Å². The van der Waals surface area contributed by atoms with E-state index in [0.29, 0.717) is 22.8 Å². The molecule has 92 valence electrons. The van der Waals surface area contributed by atoms with E-state index in [9.17, 15) is 4.79 Å². The number of nitrogens with zero attached hydrogens (tertiary/aromatic N) is 1. The first-order chi connectivity index (χ1) is 8.70. The van der Waals surface area contributed by atoms with Gasteiger partial charge in [-0.1, -0.05) is 6.07 Å². The molecule has 0 bridgehead atoms. The zero-order valence-corrected chi connectivity index (χ0v) is 9.88. The van der Waals surface area contributed by atoms with Crippen LogP contribution in [0.4, 0.5) is 17.2 Å². The highest BCUT2D eigenvalue weighted by Gasteiger charge is 2.08. The summed E-state index contributed by atoms with van der Waals surface area (Å²) in [5.41, 5.74) is 7.44. The molecule has 5 heteroatoms. The fraction of sp³-hybridized carbons (Fsp3) is 0.0769. The second-order valence-corrected chi connectivity index (χ2v) is 3.63. The molecule has 0 spiro atoms. The van der Waals surface area contributed by atoms with Crippen molar-refractivity contribution in [3.8, 4) is 0 Å². The lowest BCUT2D eigenvalue weighted by Crippen LogP contribution is -2.04. The maximum absolute atomic E-state index is 11.3. The molecule has 0 atom stereocenters. The van der Waals surface area contributed by atoms with E-state index in [1.807, 2.05) is 18.2 Å². The van der Waals surface area contributed by atoms with Gasteiger partial charge in [-0.25, -0.2) is 9.78 Å². The largest absolute Gasteiger partial charge is 0.465 e. The summed E-state index contributed by atoms with van der Waals surface area (Å²) in [6.07, 6.45) is 1.68. The van der Waals surface area contributed by atoms with Crippen LogP contribution in [-0.4, -0.2) is 18.1 Å². The SMILES string of the molecule is COC(=O)c1ccc(Nc2ccccn2)c(N)c1. The molecule has 0 amide bonds. The first-order valence-electron chi connectivity index (χ1n) is 5.36. The van der Waals surface area contributed by atoms with Crippen LogP contribution in [-0.2, 0) is 4.74 Å². The molecule has 5 nitrogen and oxygen atoms in total. The average molecular weight is 243 g/mol. The predicted molar refractivity (Wildman–Crippen MR) is 69.7 cm³/mol. The Bertz CT molecular complexity index is 555. The molecule has 0 unspecified atom stereocenters. The third kappa shape index (κ3) is 2.57. The van der Waals surface area contributed by atoms with Crippen LogP contribution < -0.4 is 11.1 Å². The Morgan fingerprint density at radius 2 is 2.17 bits per heavy atom. The van der Waals surface area contributed by atoms with Gasteiger partial charge in [0, 0.05) is 6.20 Å². The molecule has 1 heterocycles. The molecule has 18 heavy (non-hydrogen) atoms. The van der Waals surface area contributed by atoms with Gasteiger partial charge in [-0.15, -0.1) is 0 Å². The molecule has 0 saturated heterocycles. The Morgan fingerprint density at radius 3 is 2.78 bits per heavy atom. The Balaban J connectivity index is 2.23. The van der Waals surface area contributed by atoms with E-state index in [0.717, 1.165) is 0 Å². The number of benzene rings is 1. The zero-order chi connectivity index (χ0) is 13.0. The van der Waals surface area contributed by atoms with Crippen LogP contribution in [0.25, 0.3) is 0 Å². The molecule has 0 fully saturated rings. The number of hydrogen-bond donors (Lipinski definition) is 2. The molecule has 2 aromatic rings. The minimum Gasteiger partial charge on any atom is -0.465 e. The second-order valence-electron chi connectivity index (χ2n) is 3.63. The van der Waals surface area contributed by atoms with Crippen molar-refractivity contribution in [2.24, 2.45) is 0 Å². The minimum absolute atomic E-state index is 0.411. The number of carbonyl (C=O) groups is 1. The van der Waals surface area contributed by atoms with Crippen LogP contribution in [0, 0.1) is 0 Å². The summed E-state index contributed by atoms with van der Waals surface area (Å²) >= 11 is 0. The van der Waals surface area contributed by atoms with Crippen molar-refractivity contribution in [2.75, 3.05) is 18.2 Å². The number of ether oxygens (including phenoxy) is 1. The number of nitrogens with two attached hydrogens (primary N) is 1. The number of nitrogens with one attached hydrogen (secondary N) is 1. The molecule has 0 aliphatic carbocycles. The van der Waals surface area contributed by atoms with Gasteiger partial charge < -0.3 is 15.8 Å². The van der Waals surface area contributed by atoms with Gasteiger partial charge >= 0.3 is 5.97 Å². The van der Waals surface area contributed by atoms with Gasteiger partial charge in [0.25, 0.3) is 0 Å². The smallest absolute Gasteiger partial charge is 0.337 e. The fourth-order valence-corrected chi connectivity index (χ4v) is 1.50. The number of nitrogen functional groups attached to an aromatic ring is 1. The van der Waals surface area contributed by atoms with E-state index in [1.165, 1.54) is 7.11 Å². The van der Waals surface area contributed by atoms with E-state index in [4.69, 9.17) is 5.73 Å². The van der Waals surface area contributed by atoms with E-state index < -0.39 is 5.97 Å². The number of carbonyl (C=O) groups excluding carboxylic acids is 1. The molecule has 0 radical (unpaired) electrons. The summed E-state index contributed by atoms with van der Waals surface area (Å²) in [4.78, 5) is 15.5. The number of rotatable bonds is 3. The normalized spacial score (nSPS) is 9.83. The first-order valence-corrected chi connectivity index (χ1v) is 5.36. The second kappa shape index (κ2) is 5.18. The van der Waals surface area contributed by atoms with Gasteiger partial charge in [-0.2, -0.15) is 0 Å². The number of hydrogen-bond acceptors (Lipinski definition) is 5. The maximum Gasteiger partial charge on any atom is 0.337 e. The van der Waals surface area contributed by atoms with Crippen molar-refractivity contribution < 1.29 is 9.53 Å². The highest BCUT2D eigenvalue weighted by atomic mass is 16.5. The van der Waals surface area contributed by atoms with E-state index in [-0.39, 0.29) is 0 Å². The van der Waals surface area contributed by atoms with Crippen molar-refractivity contribution in [1.82, 2.24) is 4.98 Å². The third-order valence-corrected chi connectivity index (χ3v) is 2.40. The molecule has 1 aromatic carbocycles. The summed E-state index contributed by atoms with van der Waals surface area (Å²) in [7, 11) is 1.33. The highest BCUT2D eigenvalue weighted by molar-refractivity contribution is 5.92. The Kier molecular flexibility index (Phi) is 3.43. The number of methoxy groups -OCH3 is 1. The summed E-state index contributed by atoms with van der Waals surface area (Å²) in [6.45, 7) is 0. The Hall–Kier alpha value is -2.56. The van der Waals surface area contributed by atoms with Gasteiger partial charge in [0.15, 0.2) is 0 Å². The molecular formula is C13H13N3O2. The van der Waals surface area contributed by atoms with Crippen LogP contribution in [0.5, 0.6) is 0 Å². The van der Waals surface area contributed by atoms with E-state index >= 15 is 0 Å². The van der Waals surface area contributed by atoms with E-state index in [2.05, 4.69) is 15.0 Å². The van der Waals surface area contributed by atoms with Crippen LogP contribution in [0.2, 0.25) is 0 Å². The van der Waals surface area contributed by atoms with Gasteiger partial charge in [0.1, 0.15) is 5.82 Å². The van der Waals surface area contributed by atoms with Crippen molar-refractivity contribution >= 4 is 23.2 Å². The highest BCUT2D eigenvalue weighted by Crippen LogP contribution is 2.23. The Morgan fingerprint density at radius 1 is 1.33 bits per heavy atom. The molecule has 3 N–H and O–H groups in total. The maximum atomic E-state index is 11.3. The summed E-state index contributed by atoms with van der Waals surface area (Å²) in [6, 6.07) is 10.5. The fourth-order valence-electron chi connectivity index (χ4n) is 1.50. The third-order valence-electron chi connectivity index (χ3n) is 2.40. The van der Waals surface area contributed by atoms with Crippen LogP contribution in [0.15, 0.2) is 42.6 Å². The minimum atomic E-state index is -0.411. The zero-order valence-electron chi connectivity index (χ0n) is 9.88. The van der Waals surface area contributed by atoms with Gasteiger partial charge in [0.05, 0.1) is 24.0 Å². The van der Waals surface area contributed by atoms with E-state index in [1.54, 1.807) is 24.4 Å². The molecule has 0 aliphatic heterocycles. The molecular weight excluding hydrogens is 230 g/mol. The number of anilines is 3. The van der Waals surface area contributed by atoms with Gasteiger partial charge in [0.2, 0.25) is 0 Å². The van der Waals surface area contributed by atoms with Crippen molar-refractivity contribution in [3.63, 3.8) is 0 Å². The summed E-state index contributed by atoms with van der Waals surface area (Å²) < 4.78 is 4.62. The number of esters is 1. The quantitative estimate of drug-likeness (QED) is 0.638.